The third kappa shape index (κ3) is 7.58. The molecule has 14 heteroatoms. The van der Waals surface area contributed by atoms with E-state index in [4.69, 9.17) is 4.55 Å². The Labute approximate surface area is 156 Å². The lowest BCUT2D eigenvalue weighted by molar-refractivity contribution is -0.397. The highest BCUT2D eigenvalue weighted by atomic mass is 32.3. The molecule has 0 amide bonds. The lowest BCUT2D eigenvalue weighted by atomic mass is 9.96. The molecule has 0 bridgehead atoms. The van der Waals surface area contributed by atoms with E-state index in [1.165, 1.54) is 0 Å². The van der Waals surface area contributed by atoms with E-state index in [9.17, 15) is 47.9 Å². The van der Waals surface area contributed by atoms with Gasteiger partial charge in [0.25, 0.3) is 0 Å². The van der Waals surface area contributed by atoms with E-state index in [0.717, 1.165) is 12.8 Å². The van der Waals surface area contributed by atoms with Gasteiger partial charge >= 0.3 is 34.3 Å². The van der Waals surface area contributed by atoms with Crippen molar-refractivity contribution in [2.24, 2.45) is 0 Å². The molecule has 0 fully saturated rings. The summed E-state index contributed by atoms with van der Waals surface area (Å²) in [4.78, 5) is 0. The number of unbranched alkanes of at least 4 members (excludes halogenated alkanes) is 4. The second-order valence-corrected chi connectivity index (χ2v) is 7.29. The Bertz CT molecular complexity index is 576. The minimum Gasteiger partial charge on any atom is -0.264 e. The first-order valence-electron chi connectivity index (χ1n) is 8.25. The van der Waals surface area contributed by atoms with Crippen LogP contribution in [0, 0.1) is 0 Å². The lowest BCUT2D eigenvalue weighted by Gasteiger charge is -2.34. The first-order valence-corrected chi connectivity index (χ1v) is 9.61. The summed E-state index contributed by atoms with van der Waals surface area (Å²) in [5.74, 6) is -19.6. The van der Waals surface area contributed by atoms with Crippen LogP contribution < -0.4 is 0 Å². The van der Waals surface area contributed by atoms with Crippen LogP contribution in [0.1, 0.15) is 58.3 Å². The number of hydrogen-bond donors (Lipinski definition) is 1. The molecule has 1 unspecified atom stereocenters. The molecule has 0 aromatic carbocycles. The third-order valence-corrected chi connectivity index (χ3v) is 4.39. The third-order valence-electron chi connectivity index (χ3n) is 3.88. The Kier molecular flexibility index (Phi) is 9.56. The Morgan fingerprint density at radius 2 is 1.32 bits per heavy atom. The number of halogens is 9. The van der Waals surface area contributed by atoms with Crippen LogP contribution in [0.4, 0.5) is 39.5 Å². The molecule has 170 valence electrons. The second kappa shape index (κ2) is 9.83. The van der Waals surface area contributed by atoms with Gasteiger partial charge in [-0.15, -0.1) is 0 Å². The molecule has 0 radical (unpaired) electrons. The van der Waals surface area contributed by atoms with Crippen molar-refractivity contribution in [2.45, 2.75) is 88.3 Å². The van der Waals surface area contributed by atoms with Crippen LogP contribution in [0.25, 0.3) is 0 Å². The summed E-state index contributed by atoms with van der Waals surface area (Å²) < 4.78 is 149. The fourth-order valence-corrected chi connectivity index (χ4v) is 2.83. The lowest BCUT2D eigenvalue weighted by Crippen LogP contribution is -2.60. The standard InChI is InChI=1S/C14H21F9O4S/c1-2-3-4-5-6-7-10(27-28(24,25)26)8-9-11(15,16)12(17,18)13(19,20)14(21,22)23/h10H,2-9H2,1H3,(H,24,25,26). The molecule has 0 aliphatic rings. The van der Waals surface area contributed by atoms with Crippen LogP contribution in [0.2, 0.25) is 0 Å². The Morgan fingerprint density at radius 1 is 0.821 bits per heavy atom. The Morgan fingerprint density at radius 3 is 1.75 bits per heavy atom. The van der Waals surface area contributed by atoms with E-state index >= 15 is 0 Å². The van der Waals surface area contributed by atoms with Crippen molar-refractivity contribution < 1.29 is 56.7 Å². The maximum atomic E-state index is 13.5. The maximum absolute atomic E-state index is 13.5. The van der Waals surface area contributed by atoms with Gasteiger partial charge in [-0.2, -0.15) is 47.9 Å². The highest BCUT2D eigenvalue weighted by molar-refractivity contribution is 7.80. The molecular weight excluding hydrogens is 435 g/mol. The van der Waals surface area contributed by atoms with Gasteiger partial charge in [-0.25, -0.2) is 4.18 Å². The van der Waals surface area contributed by atoms with Crippen molar-refractivity contribution in [3.05, 3.63) is 0 Å². The van der Waals surface area contributed by atoms with Gasteiger partial charge < -0.3 is 0 Å². The van der Waals surface area contributed by atoms with Gasteiger partial charge in [-0.3, -0.25) is 4.55 Å². The highest BCUT2D eigenvalue weighted by Crippen LogP contribution is 2.54. The van der Waals surface area contributed by atoms with Crippen molar-refractivity contribution in [3.8, 4) is 0 Å². The fourth-order valence-electron chi connectivity index (χ4n) is 2.30. The van der Waals surface area contributed by atoms with Gasteiger partial charge in [0, 0.05) is 6.42 Å². The first kappa shape index (κ1) is 27.2. The monoisotopic (exact) mass is 456 g/mol. The van der Waals surface area contributed by atoms with Gasteiger partial charge in [0.1, 0.15) is 0 Å². The van der Waals surface area contributed by atoms with Crippen molar-refractivity contribution in [1.29, 1.82) is 0 Å². The topological polar surface area (TPSA) is 63.6 Å². The molecule has 0 aromatic heterocycles. The molecule has 0 heterocycles. The summed E-state index contributed by atoms with van der Waals surface area (Å²) in [5.41, 5.74) is 0. The second-order valence-electron chi connectivity index (χ2n) is 6.24. The van der Waals surface area contributed by atoms with Gasteiger partial charge in [0.05, 0.1) is 6.10 Å². The van der Waals surface area contributed by atoms with Gasteiger partial charge in [0.15, 0.2) is 0 Å². The summed E-state index contributed by atoms with van der Waals surface area (Å²) in [6, 6.07) is 0. The molecule has 0 aliphatic carbocycles. The quantitative estimate of drug-likeness (QED) is 0.217. The van der Waals surface area contributed by atoms with Crippen LogP contribution in [-0.2, 0) is 14.6 Å². The maximum Gasteiger partial charge on any atom is 0.460 e. The first-order chi connectivity index (χ1) is 12.4. The number of alkyl halides is 9. The van der Waals surface area contributed by atoms with E-state index in [2.05, 4.69) is 4.18 Å². The largest absolute Gasteiger partial charge is 0.460 e. The van der Waals surface area contributed by atoms with Crippen molar-refractivity contribution in [2.75, 3.05) is 0 Å². The summed E-state index contributed by atoms with van der Waals surface area (Å²) in [5, 5.41) is 0. The average Bonchev–Trinajstić information content (AvgIpc) is 2.49. The van der Waals surface area contributed by atoms with E-state index < -0.39 is 53.3 Å². The van der Waals surface area contributed by atoms with E-state index in [-0.39, 0.29) is 12.8 Å². The average molecular weight is 456 g/mol. The minimum atomic E-state index is -7.01. The molecule has 1 atom stereocenters. The van der Waals surface area contributed by atoms with E-state index in [1.54, 1.807) is 0 Å². The Hall–Kier alpha value is -0.760. The SMILES string of the molecule is CCCCCCCC(CCC(F)(F)C(F)(F)C(F)(F)C(F)(F)F)OS(=O)(=O)O. The summed E-state index contributed by atoms with van der Waals surface area (Å²) >= 11 is 0. The molecule has 0 rings (SSSR count). The molecule has 28 heavy (non-hydrogen) atoms. The van der Waals surface area contributed by atoms with Crippen molar-refractivity contribution >= 4 is 10.4 Å². The zero-order valence-electron chi connectivity index (χ0n) is 14.7. The molecule has 1 N–H and O–H groups in total. The summed E-state index contributed by atoms with van der Waals surface area (Å²) in [6.07, 6.45) is -9.63. The van der Waals surface area contributed by atoms with E-state index in [0.29, 0.717) is 12.8 Å². The number of rotatable bonds is 13. The number of hydrogen-bond acceptors (Lipinski definition) is 3. The smallest absolute Gasteiger partial charge is 0.264 e. The van der Waals surface area contributed by atoms with E-state index in [1.807, 2.05) is 6.92 Å². The van der Waals surface area contributed by atoms with Crippen LogP contribution in [-0.4, -0.2) is 43.0 Å². The fraction of sp³-hybridized carbons (Fsp3) is 1.00. The van der Waals surface area contributed by atoms with Crippen LogP contribution in [0.3, 0.4) is 0 Å². The zero-order valence-corrected chi connectivity index (χ0v) is 15.5. The molecule has 0 aromatic rings. The van der Waals surface area contributed by atoms with Crippen LogP contribution in [0.5, 0.6) is 0 Å². The van der Waals surface area contributed by atoms with Crippen molar-refractivity contribution in [1.82, 2.24) is 0 Å². The van der Waals surface area contributed by atoms with Crippen LogP contribution in [0.15, 0.2) is 0 Å². The molecule has 0 saturated carbocycles. The summed E-state index contributed by atoms with van der Waals surface area (Å²) in [6.45, 7) is 1.88. The predicted molar refractivity (Wildman–Crippen MR) is 79.9 cm³/mol. The van der Waals surface area contributed by atoms with Crippen LogP contribution >= 0.6 is 0 Å². The normalized spacial score (nSPS) is 15.7. The highest BCUT2D eigenvalue weighted by Gasteiger charge is 2.81. The zero-order chi connectivity index (χ0) is 22.4. The molecule has 0 spiro atoms. The summed E-state index contributed by atoms with van der Waals surface area (Å²) in [7, 11) is -5.19. The Balaban J connectivity index is 5.18. The minimum absolute atomic E-state index is 0.168. The van der Waals surface area contributed by atoms with Gasteiger partial charge in [-0.1, -0.05) is 39.0 Å². The van der Waals surface area contributed by atoms with Crippen molar-refractivity contribution in [3.63, 3.8) is 0 Å². The molecule has 0 aliphatic heterocycles. The van der Waals surface area contributed by atoms with Gasteiger partial charge in [-0.05, 0) is 12.8 Å². The predicted octanol–water partition coefficient (Wildman–Crippen LogP) is 5.78. The molecule has 0 saturated heterocycles. The molecule has 4 nitrogen and oxygen atoms in total. The molecular formula is C14H21F9O4S. The van der Waals surface area contributed by atoms with Gasteiger partial charge in [0.2, 0.25) is 0 Å².